The normalized spacial score (nSPS) is 10.9. The molecule has 1 amide bonds. The number of nitrogens with one attached hydrogen (secondary N) is 2. The SMILES string of the molecule is Cc1ccc(NC(=O)CSc2n[nH]c(CC(C)C)n2)cc1. The number of amides is 1. The lowest BCUT2D eigenvalue weighted by Crippen LogP contribution is -2.14. The quantitative estimate of drug-likeness (QED) is 0.805. The molecule has 2 N–H and O–H groups in total. The van der Waals surface area contributed by atoms with Gasteiger partial charge in [0.05, 0.1) is 5.75 Å². The van der Waals surface area contributed by atoms with Crippen LogP contribution in [-0.2, 0) is 11.2 Å². The molecule has 1 aromatic heterocycles. The first-order valence-corrected chi connectivity index (χ1v) is 7.92. The highest BCUT2D eigenvalue weighted by molar-refractivity contribution is 7.99. The molecule has 0 unspecified atom stereocenters. The molecule has 0 spiro atoms. The average molecular weight is 304 g/mol. The average Bonchev–Trinajstić information content (AvgIpc) is 2.86. The van der Waals surface area contributed by atoms with Crippen LogP contribution in [0.25, 0.3) is 0 Å². The number of H-pyrrole nitrogens is 1. The Labute approximate surface area is 128 Å². The number of anilines is 1. The van der Waals surface area contributed by atoms with Gasteiger partial charge in [-0.3, -0.25) is 9.89 Å². The smallest absolute Gasteiger partial charge is 0.234 e. The van der Waals surface area contributed by atoms with Gasteiger partial charge in [0, 0.05) is 12.1 Å². The van der Waals surface area contributed by atoms with Crippen LogP contribution in [0.15, 0.2) is 29.4 Å². The van der Waals surface area contributed by atoms with Crippen LogP contribution in [0.4, 0.5) is 5.69 Å². The Kier molecular flexibility index (Phi) is 5.38. The van der Waals surface area contributed by atoms with Crippen molar-refractivity contribution in [1.29, 1.82) is 0 Å². The first-order valence-electron chi connectivity index (χ1n) is 6.93. The molecule has 2 rings (SSSR count). The molecule has 21 heavy (non-hydrogen) atoms. The number of aromatic nitrogens is 3. The summed E-state index contributed by atoms with van der Waals surface area (Å²) in [6.07, 6.45) is 0.864. The highest BCUT2D eigenvalue weighted by Gasteiger charge is 2.09. The Morgan fingerprint density at radius 2 is 2.05 bits per heavy atom. The maximum absolute atomic E-state index is 11.9. The molecule has 2 aromatic rings. The van der Waals surface area contributed by atoms with Crippen LogP contribution in [-0.4, -0.2) is 26.8 Å². The van der Waals surface area contributed by atoms with Crippen molar-refractivity contribution in [3.63, 3.8) is 0 Å². The van der Waals surface area contributed by atoms with Gasteiger partial charge < -0.3 is 5.32 Å². The van der Waals surface area contributed by atoms with Gasteiger partial charge in [-0.15, -0.1) is 5.10 Å². The van der Waals surface area contributed by atoms with Crippen LogP contribution in [0, 0.1) is 12.8 Å². The first-order chi connectivity index (χ1) is 10.0. The summed E-state index contributed by atoms with van der Waals surface area (Å²) in [5.74, 6) is 1.64. The lowest BCUT2D eigenvalue weighted by atomic mass is 10.1. The number of nitrogens with zero attached hydrogens (tertiary/aromatic N) is 2. The molecule has 0 atom stereocenters. The minimum absolute atomic E-state index is 0.0564. The standard InChI is InChI=1S/C15H20N4OS/c1-10(2)8-13-17-15(19-18-13)21-9-14(20)16-12-6-4-11(3)5-7-12/h4-7,10H,8-9H2,1-3H3,(H,16,20)(H,17,18,19). The van der Waals surface area contributed by atoms with Gasteiger partial charge in [-0.05, 0) is 25.0 Å². The van der Waals surface area contributed by atoms with Crippen molar-refractivity contribution in [2.75, 3.05) is 11.1 Å². The second-order valence-corrected chi connectivity index (χ2v) is 6.31. The van der Waals surface area contributed by atoms with Crippen molar-refractivity contribution in [3.8, 4) is 0 Å². The van der Waals surface area contributed by atoms with Gasteiger partial charge in [0.15, 0.2) is 0 Å². The fourth-order valence-electron chi connectivity index (χ4n) is 1.78. The number of carbonyl (C=O) groups excluding carboxylic acids is 1. The Bertz CT molecular complexity index is 592. The maximum atomic E-state index is 11.9. The Morgan fingerprint density at radius 3 is 2.71 bits per heavy atom. The van der Waals surface area contributed by atoms with E-state index in [1.807, 2.05) is 31.2 Å². The van der Waals surface area contributed by atoms with Crippen LogP contribution >= 0.6 is 11.8 Å². The van der Waals surface area contributed by atoms with E-state index in [0.29, 0.717) is 16.8 Å². The highest BCUT2D eigenvalue weighted by Crippen LogP contribution is 2.15. The summed E-state index contributed by atoms with van der Waals surface area (Å²) in [5, 5.41) is 10.5. The summed E-state index contributed by atoms with van der Waals surface area (Å²) in [4.78, 5) is 16.2. The summed E-state index contributed by atoms with van der Waals surface area (Å²) in [6.45, 7) is 6.27. The van der Waals surface area contributed by atoms with E-state index in [1.165, 1.54) is 17.3 Å². The number of carbonyl (C=O) groups is 1. The molecule has 5 nitrogen and oxygen atoms in total. The van der Waals surface area contributed by atoms with Crippen molar-refractivity contribution < 1.29 is 4.79 Å². The molecule has 0 saturated carbocycles. The van der Waals surface area contributed by atoms with E-state index in [1.54, 1.807) is 0 Å². The van der Waals surface area contributed by atoms with Crippen LogP contribution in [0.2, 0.25) is 0 Å². The van der Waals surface area contributed by atoms with Gasteiger partial charge in [-0.25, -0.2) is 4.98 Å². The monoisotopic (exact) mass is 304 g/mol. The van der Waals surface area contributed by atoms with E-state index in [4.69, 9.17) is 0 Å². The van der Waals surface area contributed by atoms with Crippen LogP contribution in [0.1, 0.15) is 25.2 Å². The van der Waals surface area contributed by atoms with Crippen LogP contribution < -0.4 is 5.32 Å². The predicted octanol–water partition coefficient (Wildman–Crippen LogP) is 3.04. The summed E-state index contributed by atoms with van der Waals surface area (Å²) in [6, 6.07) is 7.73. The van der Waals surface area contributed by atoms with Crippen LogP contribution in [0.3, 0.4) is 0 Å². The summed E-state index contributed by atoms with van der Waals surface area (Å²) in [7, 11) is 0. The summed E-state index contributed by atoms with van der Waals surface area (Å²) in [5.41, 5.74) is 1.97. The zero-order valence-electron chi connectivity index (χ0n) is 12.5. The second kappa shape index (κ2) is 7.26. The van der Waals surface area contributed by atoms with Crippen molar-refractivity contribution in [1.82, 2.24) is 15.2 Å². The Hall–Kier alpha value is -1.82. The molecular weight excluding hydrogens is 284 g/mol. The summed E-state index contributed by atoms with van der Waals surface area (Å²) < 4.78 is 0. The van der Waals surface area contributed by atoms with Gasteiger partial charge in [0.2, 0.25) is 11.1 Å². The maximum Gasteiger partial charge on any atom is 0.234 e. The van der Waals surface area contributed by atoms with E-state index in [0.717, 1.165) is 17.9 Å². The number of benzene rings is 1. The molecule has 0 bridgehead atoms. The van der Waals surface area contributed by atoms with Gasteiger partial charge in [0.1, 0.15) is 5.82 Å². The molecule has 6 heteroatoms. The fraction of sp³-hybridized carbons (Fsp3) is 0.400. The van der Waals surface area contributed by atoms with Gasteiger partial charge >= 0.3 is 0 Å². The minimum Gasteiger partial charge on any atom is -0.325 e. The minimum atomic E-state index is -0.0564. The third-order valence-electron chi connectivity index (χ3n) is 2.78. The van der Waals surface area contributed by atoms with E-state index in [-0.39, 0.29) is 5.91 Å². The molecule has 0 aliphatic rings. The second-order valence-electron chi connectivity index (χ2n) is 5.37. The molecule has 1 aromatic carbocycles. The largest absolute Gasteiger partial charge is 0.325 e. The molecule has 0 aliphatic carbocycles. The van der Waals surface area contributed by atoms with Crippen LogP contribution in [0.5, 0.6) is 0 Å². The van der Waals surface area contributed by atoms with E-state index < -0.39 is 0 Å². The van der Waals surface area contributed by atoms with Gasteiger partial charge in [-0.2, -0.15) is 0 Å². The van der Waals surface area contributed by atoms with Crippen molar-refractivity contribution in [2.24, 2.45) is 5.92 Å². The summed E-state index contributed by atoms with van der Waals surface area (Å²) >= 11 is 1.33. The lowest BCUT2D eigenvalue weighted by Gasteiger charge is -2.04. The van der Waals surface area contributed by atoms with Crippen molar-refractivity contribution in [3.05, 3.63) is 35.7 Å². The molecule has 1 heterocycles. The Balaban J connectivity index is 1.81. The molecule has 0 fully saturated rings. The van der Waals surface area contributed by atoms with Crippen molar-refractivity contribution >= 4 is 23.4 Å². The molecule has 0 aliphatic heterocycles. The predicted molar refractivity (Wildman–Crippen MR) is 85.5 cm³/mol. The van der Waals surface area contributed by atoms with E-state index in [2.05, 4.69) is 34.3 Å². The molecule has 0 saturated heterocycles. The van der Waals surface area contributed by atoms with E-state index in [9.17, 15) is 4.79 Å². The third kappa shape index (κ3) is 5.23. The number of hydrogen-bond donors (Lipinski definition) is 2. The van der Waals surface area contributed by atoms with Gasteiger partial charge in [-0.1, -0.05) is 43.3 Å². The van der Waals surface area contributed by atoms with Crippen molar-refractivity contribution in [2.45, 2.75) is 32.3 Å². The number of hydrogen-bond acceptors (Lipinski definition) is 4. The zero-order chi connectivity index (χ0) is 15.2. The topological polar surface area (TPSA) is 70.7 Å². The lowest BCUT2D eigenvalue weighted by molar-refractivity contribution is -0.113. The first kappa shape index (κ1) is 15.6. The zero-order valence-corrected chi connectivity index (χ0v) is 13.3. The number of aryl methyl sites for hydroxylation is 1. The van der Waals surface area contributed by atoms with Gasteiger partial charge in [0.25, 0.3) is 0 Å². The molecular formula is C15H20N4OS. The Morgan fingerprint density at radius 1 is 1.33 bits per heavy atom. The number of aromatic amines is 1. The number of rotatable bonds is 6. The molecule has 0 radical (unpaired) electrons. The van der Waals surface area contributed by atoms with E-state index >= 15 is 0 Å². The third-order valence-corrected chi connectivity index (χ3v) is 3.63. The fourth-order valence-corrected chi connectivity index (χ4v) is 2.40. The number of thioether (sulfide) groups is 1. The molecule has 112 valence electrons. The highest BCUT2D eigenvalue weighted by atomic mass is 32.2.